The zero-order chi connectivity index (χ0) is 20.8. The van der Waals surface area contributed by atoms with E-state index >= 15 is 0 Å². The third-order valence-corrected chi connectivity index (χ3v) is 10.1. The summed E-state index contributed by atoms with van der Waals surface area (Å²) in [6, 6.07) is 6.46. The summed E-state index contributed by atoms with van der Waals surface area (Å²) in [5.74, 6) is 2.70. The molecule has 5 nitrogen and oxygen atoms in total. The zero-order valence-electron chi connectivity index (χ0n) is 17.8. The van der Waals surface area contributed by atoms with E-state index in [1.165, 1.54) is 38.5 Å². The number of nitrogens with zero attached hydrogens (tertiary/aromatic N) is 1. The van der Waals surface area contributed by atoms with E-state index in [0.717, 1.165) is 50.0 Å². The quantitative estimate of drug-likeness (QED) is 0.736. The van der Waals surface area contributed by atoms with Gasteiger partial charge in [-0.05, 0) is 105 Å². The van der Waals surface area contributed by atoms with Gasteiger partial charge in [-0.3, -0.25) is 4.79 Å². The molecule has 0 spiro atoms. The van der Waals surface area contributed by atoms with Crippen molar-refractivity contribution in [3.8, 4) is 0 Å². The van der Waals surface area contributed by atoms with Crippen molar-refractivity contribution in [3.05, 3.63) is 29.8 Å². The SMILES string of the molecule is O=C(NCCC12CC3CC(CC(C3)C1)C2)c1ccc(S(=O)(=O)N2CCCCC2)cc1. The smallest absolute Gasteiger partial charge is 0.251 e. The van der Waals surface area contributed by atoms with Gasteiger partial charge in [0, 0.05) is 25.2 Å². The predicted octanol–water partition coefficient (Wildman–Crippen LogP) is 4.20. The summed E-state index contributed by atoms with van der Waals surface area (Å²) in [6.07, 6.45) is 12.4. The Bertz CT molecular complexity index is 852. The summed E-state index contributed by atoms with van der Waals surface area (Å²) in [5.41, 5.74) is 1.01. The molecule has 4 bridgehead atoms. The molecular formula is C24H34N2O3S. The number of sulfonamides is 1. The maximum atomic E-state index is 12.8. The molecule has 30 heavy (non-hydrogen) atoms. The molecule has 4 aliphatic carbocycles. The molecular weight excluding hydrogens is 396 g/mol. The van der Waals surface area contributed by atoms with Crippen LogP contribution in [0.25, 0.3) is 0 Å². The van der Waals surface area contributed by atoms with E-state index in [0.29, 0.717) is 24.1 Å². The lowest BCUT2D eigenvalue weighted by molar-refractivity contribution is -0.0564. The van der Waals surface area contributed by atoms with Gasteiger partial charge in [-0.15, -0.1) is 0 Å². The molecule has 164 valence electrons. The van der Waals surface area contributed by atoms with Crippen LogP contribution in [-0.2, 0) is 10.0 Å². The first-order valence-electron chi connectivity index (χ1n) is 11.8. The van der Waals surface area contributed by atoms with Crippen molar-refractivity contribution < 1.29 is 13.2 Å². The number of hydrogen-bond donors (Lipinski definition) is 1. The fourth-order valence-electron chi connectivity index (χ4n) is 7.17. The third kappa shape index (κ3) is 3.93. The second kappa shape index (κ2) is 7.94. The third-order valence-electron chi connectivity index (χ3n) is 8.18. The highest BCUT2D eigenvalue weighted by Crippen LogP contribution is 2.61. The molecule has 6 heteroatoms. The lowest BCUT2D eigenvalue weighted by atomic mass is 9.49. The van der Waals surface area contributed by atoms with E-state index in [9.17, 15) is 13.2 Å². The van der Waals surface area contributed by atoms with E-state index in [2.05, 4.69) is 5.32 Å². The average Bonchev–Trinajstić information content (AvgIpc) is 2.73. The van der Waals surface area contributed by atoms with Crippen LogP contribution in [-0.4, -0.2) is 38.3 Å². The van der Waals surface area contributed by atoms with Crippen molar-refractivity contribution in [1.29, 1.82) is 0 Å². The molecule has 0 unspecified atom stereocenters. The minimum atomic E-state index is -3.45. The largest absolute Gasteiger partial charge is 0.352 e. The highest BCUT2D eigenvalue weighted by atomic mass is 32.2. The van der Waals surface area contributed by atoms with Crippen LogP contribution in [0.4, 0.5) is 0 Å². The van der Waals surface area contributed by atoms with Crippen molar-refractivity contribution in [2.45, 2.75) is 69.1 Å². The Labute approximate surface area is 180 Å². The summed E-state index contributed by atoms with van der Waals surface area (Å²) >= 11 is 0. The monoisotopic (exact) mass is 430 g/mol. The Morgan fingerprint density at radius 1 is 0.933 bits per heavy atom. The zero-order valence-corrected chi connectivity index (χ0v) is 18.6. The second-order valence-electron chi connectivity index (χ2n) is 10.4. The number of carbonyl (C=O) groups excluding carboxylic acids is 1. The van der Waals surface area contributed by atoms with Gasteiger partial charge < -0.3 is 5.32 Å². The van der Waals surface area contributed by atoms with Gasteiger partial charge in [0.25, 0.3) is 5.91 Å². The number of benzene rings is 1. The highest BCUT2D eigenvalue weighted by Gasteiger charge is 2.50. The topological polar surface area (TPSA) is 66.5 Å². The summed E-state index contributed by atoms with van der Waals surface area (Å²) in [5, 5.41) is 3.10. The molecule has 1 N–H and O–H groups in total. The van der Waals surface area contributed by atoms with Gasteiger partial charge in [0.15, 0.2) is 0 Å². The standard InChI is InChI=1S/C24H34N2O3S/c27-23(25-9-8-24-15-18-12-19(16-24)14-20(13-18)17-24)21-4-6-22(7-5-21)30(28,29)26-10-2-1-3-11-26/h4-7,18-20H,1-3,8-17H2,(H,25,27). The molecule has 5 aliphatic rings. The van der Waals surface area contributed by atoms with Crippen LogP contribution < -0.4 is 5.32 Å². The maximum absolute atomic E-state index is 12.8. The van der Waals surface area contributed by atoms with Crippen molar-refractivity contribution >= 4 is 15.9 Å². The van der Waals surface area contributed by atoms with E-state index in [-0.39, 0.29) is 10.8 Å². The summed E-state index contributed by atoms with van der Waals surface area (Å²) in [7, 11) is -3.45. The second-order valence-corrected chi connectivity index (χ2v) is 12.4. The first kappa shape index (κ1) is 20.5. The first-order valence-corrected chi connectivity index (χ1v) is 13.3. The number of rotatable bonds is 6. The molecule has 5 fully saturated rings. The lowest BCUT2D eigenvalue weighted by Gasteiger charge is -2.57. The fourth-order valence-corrected chi connectivity index (χ4v) is 8.69. The van der Waals surface area contributed by atoms with Gasteiger partial charge in [0.2, 0.25) is 10.0 Å². The van der Waals surface area contributed by atoms with Crippen molar-refractivity contribution in [1.82, 2.24) is 9.62 Å². The van der Waals surface area contributed by atoms with Gasteiger partial charge in [0.05, 0.1) is 4.90 Å². The van der Waals surface area contributed by atoms with Crippen molar-refractivity contribution in [2.75, 3.05) is 19.6 Å². The summed E-state index contributed by atoms with van der Waals surface area (Å²) in [6.45, 7) is 1.91. The number of nitrogens with one attached hydrogen (secondary N) is 1. The number of piperidine rings is 1. The minimum absolute atomic E-state index is 0.0957. The molecule has 1 aromatic carbocycles. The fraction of sp³-hybridized carbons (Fsp3) is 0.708. The van der Waals surface area contributed by atoms with Gasteiger partial charge in [-0.25, -0.2) is 8.42 Å². The van der Waals surface area contributed by atoms with Gasteiger partial charge in [-0.1, -0.05) is 6.42 Å². The van der Waals surface area contributed by atoms with E-state index in [1.807, 2.05) is 0 Å². The van der Waals surface area contributed by atoms with E-state index in [1.54, 1.807) is 28.6 Å². The van der Waals surface area contributed by atoms with Crippen LogP contribution in [0.1, 0.15) is 74.6 Å². The Morgan fingerprint density at radius 3 is 2.07 bits per heavy atom. The van der Waals surface area contributed by atoms with Crippen LogP contribution in [0.15, 0.2) is 29.2 Å². The molecule has 0 radical (unpaired) electrons. The van der Waals surface area contributed by atoms with Crippen LogP contribution >= 0.6 is 0 Å². The highest BCUT2D eigenvalue weighted by molar-refractivity contribution is 7.89. The Morgan fingerprint density at radius 2 is 1.50 bits per heavy atom. The van der Waals surface area contributed by atoms with Crippen LogP contribution in [0, 0.1) is 23.2 Å². The van der Waals surface area contributed by atoms with Crippen molar-refractivity contribution in [2.24, 2.45) is 23.2 Å². The van der Waals surface area contributed by atoms with Gasteiger partial charge >= 0.3 is 0 Å². The maximum Gasteiger partial charge on any atom is 0.251 e. The number of amides is 1. The molecule has 1 saturated heterocycles. The van der Waals surface area contributed by atoms with Gasteiger partial charge in [0.1, 0.15) is 0 Å². The molecule has 1 amide bonds. The van der Waals surface area contributed by atoms with Gasteiger partial charge in [-0.2, -0.15) is 4.31 Å². The predicted molar refractivity (Wildman–Crippen MR) is 117 cm³/mol. The van der Waals surface area contributed by atoms with Crippen LogP contribution in [0.2, 0.25) is 0 Å². The summed E-state index contributed by atoms with van der Waals surface area (Å²) in [4.78, 5) is 12.9. The molecule has 0 atom stereocenters. The molecule has 0 aromatic heterocycles. The van der Waals surface area contributed by atoms with Crippen LogP contribution in [0.3, 0.4) is 0 Å². The molecule has 4 saturated carbocycles. The summed E-state index contributed by atoms with van der Waals surface area (Å²) < 4.78 is 27.1. The molecule has 1 aromatic rings. The Hall–Kier alpha value is -1.40. The van der Waals surface area contributed by atoms with Crippen molar-refractivity contribution in [3.63, 3.8) is 0 Å². The van der Waals surface area contributed by atoms with E-state index < -0.39 is 10.0 Å². The normalized spacial score (nSPS) is 33.5. The Kier molecular flexibility index (Phi) is 5.42. The minimum Gasteiger partial charge on any atom is -0.352 e. The lowest BCUT2D eigenvalue weighted by Crippen LogP contribution is -2.47. The first-order chi connectivity index (χ1) is 14.4. The van der Waals surface area contributed by atoms with Crippen LogP contribution in [0.5, 0.6) is 0 Å². The van der Waals surface area contributed by atoms with E-state index in [4.69, 9.17) is 0 Å². The average molecular weight is 431 g/mol. The molecule has 1 heterocycles. The molecule has 6 rings (SSSR count). The Balaban J connectivity index is 1.17. The molecule has 1 aliphatic heterocycles. The number of hydrogen-bond acceptors (Lipinski definition) is 3. The number of carbonyl (C=O) groups is 1.